The Morgan fingerprint density at radius 2 is 2.05 bits per heavy atom. The van der Waals surface area contributed by atoms with Gasteiger partial charge in [-0.15, -0.1) is 0 Å². The Labute approximate surface area is 111 Å². The molecule has 0 radical (unpaired) electrons. The summed E-state index contributed by atoms with van der Waals surface area (Å²) in [5, 5.41) is 21.5. The molecule has 1 unspecified atom stereocenters. The quantitative estimate of drug-likeness (QED) is 0.683. The standard InChI is InChI=1S/C12H15NO5S/c14-10-5-1-4-9(11(10)15)12(16)13-8-3-2-6-19(17,18)7-8/h1,4-5,8,14-15H,2-3,6-7H2,(H,13,16). The van der Waals surface area contributed by atoms with Crippen molar-refractivity contribution < 1.29 is 23.4 Å². The molecule has 0 aromatic heterocycles. The van der Waals surface area contributed by atoms with E-state index in [1.54, 1.807) is 0 Å². The average molecular weight is 285 g/mol. The van der Waals surface area contributed by atoms with Crippen LogP contribution in [0.5, 0.6) is 11.5 Å². The molecule has 0 bridgehead atoms. The van der Waals surface area contributed by atoms with Crippen molar-refractivity contribution in [1.29, 1.82) is 0 Å². The zero-order valence-electron chi connectivity index (χ0n) is 10.2. The molecule has 1 aliphatic rings. The minimum absolute atomic E-state index is 0.0667. The number of carbonyl (C=O) groups is 1. The maximum atomic E-state index is 11.9. The third-order valence-electron chi connectivity index (χ3n) is 3.06. The van der Waals surface area contributed by atoms with Crippen LogP contribution < -0.4 is 5.32 Å². The molecule has 0 aliphatic carbocycles. The number of para-hydroxylation sites is 1. The van der Waals surface area contributed by atoms with Gasteiger partial charge in [-0.1, -0.05) is 6.07 Å². The molecule has 0 saturated carbocycles. The summed E-state index contributed by atoms with van der Waals surface area (Å²) in [6.45, 7) is 0. The predicted molar refractivity (Wildman–Crippen MR) is 68.9 cm³/mol. The van der Waals surface area contributed by atoms with E-state index in [-0.39, 0.29) is 22.8 Å². The number of phenolic OH excluding ortho intramolecular Hbond substituents is 2. The Kier molecular flexibility index (Phi) is 3.66. The number of phenols is 2. The van der Waals surface area contributed by atoms with Gasteiger partial charge in [0.05, 0.1) is 17.1 Å². The Hall–Kier alpha value is -1.76. The maximum absolute atomic E-state index is 11.9. The van der Waals surface area contributed by atoms with Gasteiger partial charge in [-0.05, 0) is 25.0 Å². The molecule has 1 aromatic carbocycles. The van der Waals surface area contributed by atoms with Gasteiger partial charge < -0.3 is 15.5 Å². The number of sulfone groups is 1. The zero-order valence-corrected chi connectivity index (χ0v) is 11.0. The molecule has 1 aromatic rings. The fraction of sp³-hybridized carbons (Fsp3) is 0.417. The Balaban J connectivity index is 2.11. The molecule has 104 valence electrons. The number of hydrogen-bond acceptors (Lipinski definition) is 5. The lowest BCUT2D eigenvalue weighted by Gasteiger charge is -2.23. The zero-order chi connectivity index (χ0) is 14.0. The summed E-state index contributed by atoms with van der Waals surface area (Å²) >= 11 is 0. The molecule has 1 aliphatic heterocycles. The molecule has 0 spiro atoms. The van der Waals surface area contributed by atoms with Gasteiger partial charge in [0.1, 0.15) is 0 Å². The molecule has 2 rings (SSSR count). The Morgan fingerprint density at radius 1 is 1.32 bits per heavy atom. The molecule has 1 saturated heterocycles. The highest BCUT2D eigenvalue weighted by atomic mass is 32.2. The smallest absolute Gasteiger partial charge is 0.255 e. The number of benzene rings is 1. The minimum Gasteiger partial charge on any atom is -0.504 e. The molecule has 1 atom stereocenters. The van der Waals surface area contributed by atoms with Crippen LogP contribution in [0.15, 0.2) is 18.2 Å². The molecule has 19 heavy (non-hydrogen) atoms. The van der Waals surface area contributed by atoms with Crippen LogP contribution in [0, 0.1) is 0 Å². The first kappa shape index (κ1) is 13.7. The van der Waals surface area contributed by atoms with Crippen LogP contribution in [-0.2, 0) is 9.84 Å². The fourth-order valence-corrected chi connectivity index (χ4v) is 3.75. The first-order valence-corrected chi connectivity index (χ1v) is 7.73. The second-order valence-corrected chi connectivity index (χ2v) is 6.83. The third kappa shape index (κ3) is 3.17. The van der Waals surface area contributed by atoms with Crippen LogP contribution in [0.25, 0.3) is 0 Å². The van der Waals surface area contributed by atoms with Crippen molar-refractivity contribution in [1.82, 2.24) is 5.32 Å². The SMILES string of the molecule is O=C(NC1CCCS(=O)(=O)C1)c1cccc(O)c1O. The van der Waals surface area contributed by atoms with E-state index in [2.05, 4.69) is 5.32 Å². The molecular weight excluding hydrogens is 270 g/mol. The summed E-state index contributed by atoms with van der Waals surface area (Å²) in [5.41, 5.74) is -0.0667. The summed E-state index contributed by atoms with van der Waals surface area (Å²) in [6.07, 6.45) is 1.10. The van der Waals surface area contributed by atoms with E-state index in [9.17, 15) is 23.4 Å². The molecule has 1 fully saturated rings. The van der Waals surface area contributed by atoms with E-state index in [0.717, 1.165) is 0 Å². The normalized spacial score (nSPS) is 21.8. The fourth-order valence-electron chi connectivity index (χ4n) is 2.11. The number of carbonyl (C=O) groups excluding carboxylic acids is 1. The van der Waals surface area contributed by atoms with Crippen LogP contribution in [0.4, 0.5) is 0 Å². The highest BCUT2D eigenvalue weighted by Crippen LogP contribution is 2.28. The molecule has 1 heterocycles. The van der Waals surface area contributed by atoms with Crippen LogP contribution >= 0.6 is 0 Å². The van der Waals surface area contributed by atoms with Crippen LogP contribution in [0.1, 0.15) is 23.2 Å². The van der Waals surface area contributed by atoms with E-state index in [1.165, 1.54) is 18.2 Å². The van der Waals surface area contributed by atoms with Crippen molar-refractivity contribution >= 4 is 15.7 Å². The van der Waals surface area contributed by atoms with Crippen molar-refractivity contribution in [2.75, 3.05) is 11.5 Å². The van der Waals surface area contributed by atoms with Gasteiger partial charge in [0.25, 0.3) is 5.91 Å². The summed E-state index contributed by atoms with van der Waals surface area (Å²) in [6, 6.07) is 3.61. The van der Waals surface area contributed by atoms with E-state index in [0.29, 0.717) is 12.8 Å². The molecule has 3 N–H and O–H groups in total. The Bertz CT molecular complexity index is 596. The minimum atomic E-state index is -3.10. The van der Waals surface area contributed by atoms with Gasteiger partial charge in [-0.25, -0.2) is 8.42 Å². The highest BCUT2D eigenvalue weighted by Gasteiger charge is 2.27. The largest absolute Gasteiger partial charge is 0.504 e. The van der Waals surface area contributed by atoms with Gasteiger partial charge in [-0.2, -0.15) is 0 Å². The summed E-state index contributed by atoms with van der Waals surface area (Å²) < 4.78 is 22.9. The van der Waals surface area contributed by atoms with Gasteiger partial charge in [0, 0.05) is 6.04 Å². The topological polar surface area (TPSA) is 104 Å². The predicted octanol–water partition coefficient (Wildman–Crippen LogP) is 0.405. The third-order valence-corrected chi connectivity index (χ3v) is 4.88. The van der Waals surface area contributed by atoms with Gasteiger partial charge >= 0.3 is 0 Å². The molecular formula is C12H15NO5S. The lowest BCUT2D eigenvalue weighted by atomic mass is 10.1. The Morgan fingerprint density at radius 3 is 2.74 bits per heavy atom. The van der Waals surface area contributed by atoms with Gasteiger partial charge in [-0.3, -0.25) is 4.79 Å². The van der Waals surface area contributed by atoms with E-state index in [4.69, 9.17) is 0 Å². The second kappa shape index (κ2) is 5.08. The summed E-state index contributed by atoms with van der Waals surface area (Å²) in [5.74, 6) is -1.41. The molecule has 7 heteroatoms. The molecule has 6 nitrogen and oxygen atoms in total. The lowest BCUT2D eigenvalue weighted by molar-refractivity contribution is 0.0935. The van der Waals surface area contributed by atoms with E-state index >= 15 is 0 Å². The number of rotatable bonds is 2. The number of hydrogen-bond donors (Lipinski definition) is 3. The second-order valence-electron chi connectivity index (χ2n) is 4.60. The van der Waals surface area contributed by atoms with Crippen molar-refractivity contribution in [3.63, 3.8) is 0 Å². The van der Waals surface area contributed by atoms with Crippen molar-refractivity contribution in [2.45, 2.75) is 18.9 Å². The number of nitrogens with one attached hydrogen (secondary N) is 1. The first-order chi connectivity index (χ1) is 8.89. The van der Waals surface area contributed by atoms with Crippen LogP contribution in [0.2, 0.25) is 0 Å². The van der Waals surface area contributed by atoms with Crippen LogP contribution in [0.3, 0.4) is 0 Å². The van der Waals surface area contributed by atoms with Gasteiger partial charge in [0.2, 0.25) is 0 Å². The van der Waals surface area contributed by atoms with E-state index < -0.39 is 27.5 Å². The highest BCUT2D eigenvalue weighted by molar-refractivity contribution is 7.91. The number of aromatic hydroxyl groups is 2. The van der Waals surface area contributed by atoms with Crippen molar-refractivity contribution in [2.24, 2.45) is 0 Å². The van der Waals surface area contributed by atoms with Crippen LogP contribution in [-0.4, -0.2) is 42.1 Å². The lowest BCUT2D eigenvalue weighted by Crippen LogP contribution is -2.43. The number of amides is 1. The molecule has 1 amide bonds. The average Bonchev–Trinajstić information content (AvgIpc) is 2.31. The van der Waals surface area contributed by atoms with E-state index in [1.807, 2.05) is 0 Å². The summed E-state index contributed by atoms with van der Waals surface area (Å²) in [7, 11) is -3.10. The van der Waals surface area contributed by atoms with Gasteiger partial charge in [0.15, 0.2) is 21.3 Å². The first-order valence-electron chi connectivity index (χ1n) is 5.91. The van der Waals surface area contributed by atoms with Crippen molar-refractivity contribution in [3.05, 3.63) is 23.8 Å². The summed E-state index contributed by atoms with van der Waals surface area (Å²) in [4.78, 5) is 11.9. The van der Waals surface area contributed by atoms with Crippen molar-refractivity contribution in [3.8, 4) is 11.5 Å². The maximum Gasteiger partial charge on any atom is 0.255 e. The monoisotopic (exact) mass is 285 g/mol.